The summed E-state index contributed by atoms with van der Waals surface area (Å²) in [5.41, 5.74) is 4.98. The molecule has 2 unspecified atom stereocenters. The van der Waals surface area contributed by atoms with Crippen LogP contribution in [0.15, 0.2) is 17.5 Å². The Morgan fingerprint density at radius 3 is 2.57 bits per heavy atom. The van der Waals surface area contributed by atoms with Crippen molar-refractivity contribution in [3.8, 4) is 0 Å². The van der Waals surface area contributed by atoms with Gasteiger partial charge in [-0.1, -0.05) is 13.0 Å². The quantitative estimate of drug-likeness (QED) is 0.576. The van der Waals surface area contributed by atoms with Crippen LogP contribution < -0.4 is 16.4 Å². The van der Waals surface area contributed by atoms with E-state index in [1.807, 2.05) is 24.4 Å². The molecule has 0 aliphatic carbocycles. The SMILES string of the molecule is CCC(NC(=O)NC(CCC(N)=O)C(=O)O)c1cccs1. The standard InChI is InChI=1S/C13H19N3O4S/c1-2-8(10-4-3-7-21-10)15-13(20)16-9(12(18)19)5-6-11(14)17/h3-4,7-9H,2,5-6H2,1H3,(H2,14,17)(H,18,19)(H2,15,16,20). The number of thiophene rings is 1. The lowest BCUT2D eigenvalue weighted by atomic mass is 10.1. The predicted octanol–water partition coefficient (Wildman–Crippen LogP) is 1.22. The van der Waals surface area contributed by atoms with Crippen LogP contribution >= 0.6 is 11.3 Å². The van der Waals surface area contributed by atoms with E-state index in [0.29, 0.717) is 6.42 Å². The number of carboxylic acid groups (broad SMARTS) is 1. The van der Waals surface area contributed by atoms with Gasteiger partial charge in [-0.3, -0.25) is 4.79 Å². The fourth-order valence-electron chi connectivity index (χ4n) is 1.77. The fraction of sp³-hybridized carbons (Fsp3) is 0.462. The molecule has 1 aromatic rings. The third kappa shape index (κ3) is 5.82. The Balaban J connectivity index is 2.56. The van der Waals surface area contributed by atoms with Gasteiger partial charge < -0.3 is 21.5 Å². The summed E-state index contributed by atoms with van der Waals surface area (Å²) in [6, 6.07) is 1.90. The lowest BCUT2D eigenvalue weighted by molar-refractivity contribution is -0.139. The third-order valence-electron chi connectivity index (χ3n) is 2.88. The highest BCUT2D eigenvalue weighted by atomic mass is 32.1. The van der Waals surface area contributed by atoms with E-state index in [9.17, 15) is 14.4 Å². The molecule has 2 atom stereocenters. The Hall–Kier alpha value is -2.09. The number of nitrogens with one attached hydrogen (secondary N) is 2. The van der Waals surface area contributed by atoms with Gasteiger partial charge in [0.05, 0.1) is 6.04 Å². The third-order valence-corrected chi connectivity index (χ3v) is 3.87. The lowest BCUT2D eigenvalue weighted by Crippen LogP contribution is -2.47. The van der Waals surface area contributed by atoms with Gasteiger partial charge in [-0.2, -0.15) is 0 Å². The lowest BCUT2D eigenvalue weighted by Gasteiger charge is -2.19. The van der Waals surface area contributed by atoms with Crippen molar-refractivity contribution >= 4 is 29.2 Å². The molecule has 7 nitrogen and oxygen atoms in total. The van der Waals surface area contributed by atoms with Crippen LogP contribution in [0.3, 0.4) is 0 Å². The van der Waals surface area contributed by atoms with Gasteiger partial charge in [0.25, 0.3) is 0 Å². The van der Waals surface area contributed by atoms with Crippen molar-refractivity contribution in [2.45, 2.75) is 38.3 Å². The molecule has 8 heteroatoms. The summed E-state index contributed by atoms with van der Waals surface area (Å²) in [6.07, 6.45) is 0.556. The number of carbonyl (C=O) groups is 3. The molecule has 5 N–H and O–H groups in total. The van der Waals surface area contributed by atoms with E-state index in [1.165, 1.54) is 11.3 Å². The van der Waals surface area contributed by atoms with E-state index in [4.69, 9.17) is 10.8 Å². The fourth-order valence-corrected chi connectivity index (χ4v) is 2.63. The smallest absolute Gasteiger partial charge is 0.326 e. The maximum Gasteiger partial charge on any atom is 0.326 e. The normalized spacial score (nSPS) is 13.2. The highest BCUT2D eigenvalue weighted by molar-refractivity contribution is 7.10. The van der Waals surface area contributed by atoms with Gasteiger partial charge in [0.1, 0.15) is 6.04 Å². The van der Waals surface area contributed by atoms with E-state index in [0.717, 1.165) is 4.88 Å². The van der Waals surface area contributed by atoms with E-state index < -0.39 is 23.9 Å². The number of urea groups is 1. The number of carboxylic acids is 1. The molecule has 1 aromatic heterocycles. The highest BCUT2D eigenvalue weighted by Crippen LogP contribution is 2.21. The Morgan fingerprint density at radius 2 is 2.10 bits per heavy atom. The first-order valence-corrected chi connectivity index (χ1v) is 7.43. The molecule has 0 fully saturated rings. The molecule has 0 saturated heterocycles. The maximum absolute atomic E-state index is 11.9. The van der Waals surface area contributed by atoms with Gasteiger partial charge in [-0.05, 0) is 24.3 Å². The van der Waals surface area contributed by atoms with Crippen molar-refractivity contribution < 1.29 is 19.5 Å². The number of nitrogens with two attached hydrogens (primary N) is 1. The van der Waals surface area contributed by atoms with Crippen LogP contribution in [0.2, 0.25) is 0 Å². The van der Waals surface area contributed by atoms with E-state index in [-0.39, 0.29) is 18.9 Å². The summed E-state index contributed by atoms with van der Waals surface area (Å²) in [7, 11) is 0. The molecule has 0 radical (unpaired) electrons. The Kier molecular flexibility index (Phi) is 6.67. The molecule has 0 saturated carbocycles. The number of aliphatic carboxylic acids is 1. The largest absolute Gasteiger partial charge is 0.480 e. The van der Waals surface area contributed by atoms with Gasteiger partial charge in [-0.15, -0.1) is 11.3 Å². The first-order valence-electron chi connectivity index (χ1n) is 6.55. The van der Waals surface area contributed by atoms with Crippen molar-refractivity contribution in [1.29, 1.82) is 0 Å². The van der Waals surface area contributed by atoms with Crippen LogP contribution in [0.25, 0.3) is 0 Å². The van der Waals surface area contributed by atoms with Crippen molar-refractivity contribution in [1.82, 2.24) is 10.6 Å². The molecule has 0 aliphatic rings. The number of hydrogen-bond donors (Lipinski definition) is 4. The van der Waals surface area contributed by atoms with Gasteiger partial charge in [-0.25, -0.2) is 9.59 Å². The Labute approximate surface area is 126 Å². The minimum absolute atomic E-state index is 0.0338. The molecule has 0 bridgehead atoms. The zero-order valence-corrected chi connectivity index (χ0v) is 12.5. The molecule has 0 spiro atoms. The van der Waals surface area contributed by atoms with Crippen molar-refractivity contribution in [2.24, 2.45) is 5.73 Å². The second-order valence-electron chi connectivity index (χ2n) is 4.49. The zero-order valence-electron chi connectivity index (χ0n) is 11.7. The first-order chi connectivity index (χ1) is 9.93. The van der Waals surface area contributed by atoms with Crippen molar-refractivity contribution in [3.05, 3.63) is 22.4 Å². The summed E-state index contributed by atoms with van der Waals surface area (Å²) >= 11 is 1.52. The van der Waals surface area contributed by atoms with Gasteiger partial charge in [0.15, 0.2) is 0 Å². The molecule has 3 amide bonds. The summed E-state index contributed by atoms with van der Waals surface area (Å²) in [5.74, 6) is -1.80. The van der Waals surface area contributed by atoms with Crippen molar-refractivity contribution in [3.63, 3.8) is 0 Å². The number of amides is 3. The van der Waals surface area contributed by atoms with Crippen LogP contribution in [-0.4, -0.2) is 29.1 Å². The number of hydrogen-bond acceptors (Lipinski definition) is 4. The van der Waals surface area contributed by atoms with Crippen molar-refractivity contribution in [2.75, 3.05) is 0 Å². The Bertz CT molecular complexity index is 490. The van der Waals surface area contributed by atoms with E-state index in [1.54, 1.807) is 0 Å². The summed E-state index contributed by atoms with van der Waals surface area (Å²) in [5, 5.41) is 16.0. The molecular formula is C13H19N3O4S. The summed E-state index contributed by atoms with van der Waals surface area (Å²) in [4.78, 5) is 34.6. The van der Waals surface area contributed by atoms with Crippen LogP contribution in [0.4, 0.5) is 4.79 Å². The van der Waals surface area contributed by atoms with Gasteiger partial charge in [0, 0.05) is 11.3 Å². The number of primary amides is 1. The molecule has 1 heterocycles. The highest BCUT2D eigenvalue weighted by Gasteiger charge is 2.22. The molecule has 116 valence electrons. The summed E-state index contributed by atoms with van der Waals surface area (Å²) in [6.45, 7) is 1.92. The Morgan fingerprint density at radius 1 is 1.38 bits per heavy atom. The maximum atomic E-state index is 11.9. The topological polar surface area (TPSA) is 122 Å². The second-order valence-corrected chi connectivity index (χ2v) is 5.47. The van der Waals surface area contributed by atoms with E-state index >= 15 is 0 Å². The number of carbonyl (C=O) groups excluding carboxylic acids is 2. The van der Waals surface area contributed by atoms with Crippen LogP contribution in [-0.2, 0) is 9.59 Å². The summed E-state index contributed by atoms with van der Waals surface area (Å²) < 4.78 is 0. The predicted molar refractivity (Wildman–Crippen MR) is 78.9 cm³/mol. The first kappa shape index (κ1) is 17.0. The zero-order chi connectivity index (χ0) is 15.8. The molecule has 0 aromatic carbocycles. The van der Waals surface area contributed by atoms with Crippen LogP contribution in [0, 0.1) is 0 Å². The molecule has 0 aliphatic heterocycles. The minimum atomic E-state index is -1.20. The van der Waals surface area contributed by atoms with Crippen LogP contribution in [0.1, 0.15) is 37.1 Å². The average molecular weight is 313 g/mol. The molecule has 21 heavy (non-hydrogen) atoms. The second kappa shape index (κ2) is 8.25. The van der Waals surface area contributed by atoms with Gasteiger partial charge >= 0.3 is 12.0 Å². The van der Waals surface area contributed by atoms with Crippen LogP contribution in [0.5, 0.6) is 0 Å². The molecule has 1 rings (SSSR count). The molecular weight excluding hydrogens is 294 g/mol. The monoisotopic (exact) mass is 313 g/mol. The van der Waals surface area contributed by atoms with Gasteiger partial charge in [0.2, 0.25) is 5.91 Å². The average Bonchev–Trinajstić information content (AvgIpc) is 2.94. The number of rotatable bonds is 8. The minimum Gasteiger partial charge on any atom is -0.480 e. The van der Waals surface area contributed by atoms with E-state index in [2.05, 4.69) is 10.6 Å².